The van der Waals surface area contributed by atoms with Crippen molar-refractivity contribution in [2.24, 2.45) is 0 Å². The molecule has 1 atom stereocenters. The van der Waals surface area contributed by atoms with Gasteiger partial charge in [-0.15, -0.1) is 0 Å². The Kier molecular flexibility index (Phi) is 6.73. The minimum Gasteiger partial charge on any atom is -0.317 e. The van der Waals surface area contributed by atoms with Crippen LogP contribution in [-0.2, 0) is 16.2 Å². The molecule has 1 aromatic rings. The summed E-state index contributed by atoms with van der Waals surface area (Å²) in [6.45, 7) is 10.7. The van der Waals surface area contributed by atoms with Crippen molar-refractivity contribution in [3.05, 3.63) is 29.8 Å². The lowest BCUT2D eigenvalue weighted by molar-refractivity contribution is 0.589. The minimum atomic E-state index is -0.864. The Morgan fingerprint density at radius 3 is 2.26 bits per heavy atom. The number of hydrogen-bond donors (Lipinski definition) is 1. The van der Waals surface area contributed by atoms with Gasteiger partial charge in [0.25, 0.3) is 0 Å². The van der Waals surface area contributed by atoms with Crippen LogP contribution < -0.4 is 5.32 Å². The van der Waals surface area contributed by atoms with Crippen molar-refractivity contribution >= 4 is 10.8 Å². The van der Waals surface area contributed by atoms with Crippen molar-refractivity contribution in [3.63, 3.8) is 0 Å². The van der Waals surface area contributed by atoms with Gasteiger partial charge in [0, 0.05) is 10.6 Å². The largest absolute Gasteiger partial charge is 0.317 e. The third kappa shape index (κ3) is 5.87. The van der Waals surface area contributed by atoms with E-state index in [4.69, 9.17) is 0 Å². The van der Waals surface area contributed by atoms with Crippen LogP contribution in [0.15, 0.2) is 29.2 Å². The molecule has 19 heavy (non-hydrogen) atoms. The highest BCUT2D eigenvalue weighted by Crippen LogP contribution is 2.23. The number of benzene rings is 1. The highest BCUT2D eigenvalue weighted by Gasteiger charge is 2.13. The van der Waals surface area contributed by atoms with E-state index in [2.05, 4.69) is 45.1 Å². The van der Waals surface area contributed by atoms with E-state index in [1.54, 1.807) is 0 Å². The van der Waals surface area contributed by atoms with Gasteiger partial charge in [-0.05, 0) is 49.0 Å². The van der Waals surface area contributed by atoms with Gasteiger partial charge in [-0.25, -0.2) is 0 Å². The van der Waals surface area contributed by atoms with Crippen molar-refractivity contribution in [2.75, 3.05) is 18.8 Å². The summed E-state index contributed by atoms with van der Waals surface area (Å²) in [7, 11) is -0.864. The van der Waals surface area contributed by atoms with E-state index in [1.807, 2.05) is 12.1 Å². The Morgan fingerprint density at radius 2 is 1.74 bits per heavy atom. The molecule has 0 heterocycles. The van der Waals surface area contributed by atoms with E-state index < -0.39 is 10.8 Å². The zero-order chi connectivity index (χ0) is 14.3. The van der Waals surface area contributed by atoms with Gasteiger partial charge in [-0.2, -0.15) is 0 Å². The molecule has 1 rings (SSSR count). The van der Waals surface area contributed by atoms with Gasteiger partial charge in [0.05, 0.1) is 10.8 Å². The van der Waals surface area contributed by atoms with E-state index >= 15 is 0 Å². The molecule has 1 unspecified atom stereocenters. The molecular formula is C16H27NOS. The Balaban J connectivity index is 2.45. The molecule has 3 heteroatoms. The maximum atomic E-state index is 12.1. The van der Waals surface area contributed by atoms with Gasteiger partial charge < -0.3 is 5.32 Å². The van der Waals surface area contributed by atoms with Gasteiger partial charge in [0.1, 0.15) is 0 Å². The molecule has 0 aliphatic carbocycles. The average molecular weight is 281 g/mol. The Bertz CT molecular complexity index is 392. The van der Waals surface area contributed by atoms with Crippen LogP contribution in [0.3, 0.4) is 0 Å². The fraction of sp³-hybridized carbons (Fsp3) is 0.625. The van der Waals surface area contributed by atoms with Crippen LogP contribution in [0.1, 0.15) is 46.1 Å². The predicted octanol–water partition coefficient (Wildman–Crippen LogP) is 3.48. The molecular weight excluding hydrogens is 254 g/mol. The number of nitrogens with one attached hydrogen (secondary N) is 1. The topological polar surface area (TPSA) is 29.1 Å². The molecule has 0 aromatic heterocycles. The van der Waals surface area contributed by atoms with Gasteiger partial charge in [-0.1, -0.05) is 39.8 Å². The standard InChI is InChI=1S/C16H27NOS/c1-5-11-17-12-6-13-19(18)15-9-7-14(8-10-15)16(2,3)4/h7-10,17H,5-6,11-13H2,1-4H3. The second kappa shape index (κ2) is 7.81. The van der Waals surface area contributed by atoms with Crippen molar-refractivity contribution in [3.8, 4) is 0 Å². The fourth-order valence-electron chi connectivity index (χ4n) is 1.85. The Hall–Kier alpha value is -0.670. The van der Waals surface area contributed by atoms with Crippen molar-refractivity contribution in [1.82, 2.24) is 5.32 Å². The molecule has 0 amide bonds. The summed E-state index contributed by atoms with van der Waals surface area (Å²) < 4.78 is 12.1. The number of rotatable bonds is 7. The molecule has 0 saturated carbocycles. The van der Waals surface area contributed by atoms with Crippen molar-refractivity contribution < 1.29 is 4.21 Å². The van der Waals surface area contributed by atoms with Crippen molar-refractivity contribution in [1.29, 1.82) is 0 Å². The summed E-state index contributed by atoms with van der Waals surface area (Å²) in [6.07, 6.45) is 2.12. The first-order chi connectivity index (χ1) is 8.95. The third-order valence-corrected chi connectivity index (χ3v) is 4.55. The average Bonchev–Trinajstić information content (AvgIpc) is 2.37. The molecule has 0 bridgehead atoms. The smallest absolute Gasteiger partial charge is 0.0529 e. The van der Waals surface area contributed by atoms with Crippen LogP contribution in [0, 0.1) is 0 Å². The monoisotopic (exact) mass is 281 g/mol. The first-order valence-electron chi connectivity index (χ1n) is 7.15. The van der Waals surface area contributed by atoms with E-state index in [9.17, 15) is 4.21 Å². The molecule has 1 N–H and O–H groups in total. The second-order valence-electron chi connectivity index (χ2n) is 5.93. The molecule has 0 fully saturated rings. The molecule has 0 aliphatic rings. The third-order valence-electron chi connectivity index (χ3n) is 3.09. The summed E-state index contributed by atoms with van der Waals surface area (Å²) in [5, 5.41) is 3.34. The van der Waals surface area contributed by atoms with Crippen molar-refractivity contribution in [2.45, 2.75) is 50.8 Å². The van der Waals surface area contributed by atoms with Crippen LogP contribution >= 0.6 is 0 Å². The van der Waals surface area contributed by atoms with Crippen LogP contribution in [0.2, 0.25) is 0 Å². The Morgan fingerprint density at radius 1 is 1.11 bits per heavy atom. The van der Waals surface area contributed by atoms with E-state index in [-0.39, 0.29) is 5.41 Å². The maximum Gasteiger partial charge on any atom is 0.0529 e. The van der Waals surface area contributed by atoms with Gasteiger partial charge in [0.15, 0.2) is 0 Å². The van der Waals surface area contributed by atoms with Gasteiger partial charge in [0.2, 0.25) is 0 Å². The van der Waals surface area contributed by atoms with Crippen LogP contribution in [0.5, 0.6) is 0 Å². The molecule has 108 valence electrons. The zero-order valence-corrected chi connectivity index (χ0v) is 13.5. The first-order valence-corrected chi connectivity index (χ1v) is 8.46. The normalized spacial score (nSPS) is 13.5. The summed E-state index contributed by atoms with van der Waals surface area (Å²) in [4.78, 5) is 0.948. The fourth-order valence-corrected chi connectivity index (χ4v) is 2.94. The van der Waals surface area contributed by atoms with Crippen LogP contribution in [0.25, 0.3) is 0 Å². The molecule has 0 radical (unpaired) electrons. The summed E-state index contributed by atoms with van der Waals surface area (Å²) in [5.41, 5.74) is 1.45. The highest BCUT2D eigenvalue weighted by atomic mass is 32.2. The van der Waals surface area contributed by atoms with E-state index in [1.165, 1.54) is 5.56 Å². The molecule has 0 spiro atoms. The highest BCUT2D eigenvalue weighted by molar-refractivity contribution is 7.85. The quantitative estimate of drug-likeness (QED) is 0.775. The van der Waals surface area contributed by atoms with Gasteiger partial charge >= 0.3 is 0 Å². The van der Waals surface area contributed by atoms with E-state index in [0.717, 1.165) is 36.6 Å². The van der Waals surface area contributed by atoms with Crippen LogP contribution in [0.4, 0.5) is 0 Å². The molecule has 2 nitrogen and oxygen atoms in total. The molecule has 0 aliphatic heterocycles. The lowest BCUT2D eigenvalue weighted by Crippen LogP contribution is -2.17. The maximum absolute atomic E-state index is 12.1. The lowest BCUT2D eigenvalue weighted by Gasteiger charge is -2.19. The van der Waals surface area contributed by atoms with Crippen LogP contribution in [-0.4, -0.2) is 23.1 Å². The molecule has 0 saturated heterocycles. The minimum absolute atomic E-state index is 0.157. The summed E-state index contributed by atoms with van der Waals surface area (Å²) >= 11 is 0. The SMILES string of the molecule is CCCNCCCS(=O)c1ccc(C(C)(C)C)cc1. The first kappa shape index (κ1) is 16.4. The van der Waals surface area contributed by atoms with E-state index in [0.29, 0.717) is 0 Å². The predicted molar refractivity (Wildman–Crippen MR) is 84.2 cm³/mol. The second-order valence-corrected chi connectivity index (χ2v) is 7.50. The summed E-state index contributed by atoms with van der Waals surface area (Å²) in [6, 6.07) is 8.22. The molecule has 1 aromatic carbocycles. The van der Waals surface area contributed by atoms with Gasteiger partial charge in [-0.3, -0.25) is 4.21 Å². The Labute approximate surface area is 120 Å². The summed E-state index contributed by atoms with van der Waals surface area (Å²) in [5.74, 6) is 0.742. The number of hydrogen-bond acceptors (Lipinski definition) is 2. The lowest BCUT2D eigenvalue weighted by atomic mass is 9.87. The zero-order valence-electron chi connectivity index (χ0n) is 12.7.